The third kappa shape index (κ3) is 4.39. The average Bonchev–Trinajstić information content (AvgIpc) is 2.69. The highest BCUT2D eigenvalue weighted by Crippen LogP contribution is 2.21. The van der Waals surface area contributed by atoms with E-state index in [9.17, 15) is 14.4 Å². The van der Waals surface area contributed by atoms with Crippen molar-refractivity contribution in [3.05, 3.63) is 46.2 Å². The molecule has 0 atom stereocenters. The molecule has 0 radical (unpaired) electrons. The minimum Gasteiger partial charge on any atom is -0.339 e. The molecule has 28 heavy (non-hydrogen) atoms. The standard InChI is InChI=1S/C19H21ClN4O3S/c1-3-6-24-18(27)15-11-14(20)4-5-16(15)21-19(24)28-12-17(26)23-9-7-22(8-10-23)13(2)25/h3-5,11H,1,6-10,12H2,2H3. The molecule has 9 heteroatoms. The van der Waals surface area contributed by atoms with E-state index in [1.807, 2.05) is 0 Å². The lowest BCUT2D eigenvalue weighted by Crippen LogP contribution is -2.50. The molecule has 1 aromatic heterocycles. The number of amides is 2. The van der Waals surface area contributed by atoms with Crippen molar-refractivity contribution >= 4 is 46.1 Å². The highest BCUT2D eigenvalue weighted by atomic mass is 35.5. The van der Waals surface area contributed by atoms with E-state index in [2.05, 4.69) is 11.6 Å². The summed E-state index contributed by atoms with van der Waals surface area (Å²) in [4.78, 5) is 44.8. The van der Waals surface area contributed by atoms with E-state index in [1.165, 1.54) is 23.3 Å². The quantitative estimate of drug-likeness (QED) is 0.420. The van der Waals surface area contributed by atoms with Crippen LogP contribution in [0.2, 0.25) is 5.02 Å². The zero-order valence-corrected chi connectivity index (χ0v) is 17.1. The molecule has 1 aromatic carbocycles. The van der Waals surface area contributed by atoms with Crippen LogP contribution in [-0.4, -0.2) is 63.1 Å². The molecule has 0 saturated carbocycles. The van der Waals surface area contributed by atoms with Gasteiger partial charge >= 0.3 is 0 Å². The van der Waals surface area contributed by atoms with Crippen molar-refractivity contribution in [3.63, 3.8) is 0 Å². The summed E-state index contributed by atoms with van der Waals surface area (Å²) in [6.45, 7) is 7.64. The Kier molecular flexibility index (Phi) is 6.41. The molecule has 7 nitrogen and oxygen atoms in total. The van der Waals surface area contributed by atoms with Crippen LogP contribution in [0.15, 0.2) is 40.8 Å². The Hall–Kier alpha value is -2.32. The number of fused-ring (bicyclic) bond motifs is 1. The average molecular weight is 421 g/mol. The first-order chi connectivity index (χ1) is 13.4. The fraction of sp³-hybridized carbons (Fsp3) is 0.368. The number of benzene rings is 1. The van der Waals surface area contributed by atoms with Gasteiger partial charge in [-0.25, -0.2) is 4.98 Å². The first kappa shape index (κ1) is 20.4. The lowest BCUT2D eigenvalue weighted by Gasteiger charge is -2.34. The number of halogens is 1. The molecule has 1 saturated heterocycles. The minimum absolute atomic E-state index is 0.0235. The maximum Gasteiger partial charge on any atom is 0.262 e. The zero-order chi connectivity index (χ0) is 20.3. The Balaban J connectivity index is 1.76. The second-order valence-electron chi connectivity index (χ2n) is 6.44. The van der Waals surface area contributed by atoms with Crippen LogP contribution >= 0.6 is 23.4 Å². The summed E-state index contributed by atoms with van der Waals surface area (Å²) in [5.74, 6) is 0.155. The van der Waals surface area contributed by atoms with Gasteiger partial charge in [-0.05, 0) is 18.2 Å². The maximum absolute atomic E-state index is 12.8. The van der Waals surface area contributed by atoms with Gasteiger partial charge in [0.05, 0.1) is 16.7 Å². The molecule has 0 aliphatic carbocycles. The number of thioether (sulfide) groups is 1. The van der Waals surface area contributed by atoms with Gasteiger partial charge in [0.2, 0.25) is 11.8 Å². The number of allylic oxidation sites excluding steroid dienone is 1. The van der Waals surface area contributed by atoms with Crippen molar-refractivity contribution in [1.29, 1.82) is 0 Å². The van der Waals surface area contributed by atoms with Crippen LogP contribution in [0.4, 0.5) is 0 Å². The Morgan fingerprint density at radius 3 is 2.57 bits per heavy atom. The number of carbonyl (C=O) groups is 2. The van der Waals surface area contributed by atoms with E-state index in [-0.39, 0.29) is 23.1 Å². The largest absolute Gasteiger partial charge is 0.339 e. The smallest absolute Gasteiger partial charge is 0.262 e. The summed E-state index contributed by atoms with van der Waals surface area (Å²) in [7, 11) is 0. The zero-order valence-electron chi connectivity index (χ0n) is 15.6. The summed E-state index contributed by atoms with van der Waals surface area (Å²) in [6, 6.07) is 4.98. The topological polar surface area (TPSA) is 75.5 Å². The highest BCUT2D eigenvalue weighted by Gasteiger charge is 2.23. The van der Waals surface area contributed by atoms with Crippen LogP contribution in [0.25, 0.3) is 10.9 Å². The normalized spacial score (nSPS) is 14.4. The summed E-state index contributed by atoms with van der Waals surface area (Å²) in [6.07, 6.45) is 1.62. The highest BCUT2D eigenvalue weighted by molar-refractivity contribution is 7.99. The Morgan fingerprint density at radius 2 is 1.93 bits per heavy atom. The van der Waals surface area contributed by atoms with Gasteiger partial charge in [-0.1, -0.05) is 29.4 Å². The molecule has 0 bridgehead atoms. The first-order valence-corrected chi connectivity index (χ1v) is 10.2. The molecular formula is C19H21ClN4O3S. The van der Waals surface area contributed by atoms with Gasteiger partial charge in [-0.2, -0.15) is 0 Å². The molecule has 1 aliphatic rings. The number of rotatable bonds is 5. The van der Waals surface area contributed by atoms with Crippen molar-refractivity contribution in [2.24, 2.45) is 0 Å². The number of aromatic nitrogens is 2. The van der Waals surface area contributed by atoms with Crippen LogP contribution in [0, 0.1) is 0 Å². The lowest BCUT2D eigenvalue weighted by atomic mass is 10.2. The number of carbonyl (C=O) groups excluding carboxylic acids is 2. The van der Waals surface area contributed by atoms with Crippen molar-refractivity contribution in [1.82, 2.24) is 19.4 Å². The molecule has 1 fully saturated rings. The van der Waals surface area contributed by atoms with E-state index in [0.717, 1.165) is 0 Å². The van der Waals surface area contributed by atoms with Gasteiger partial charge in [0.25, 0.3) is 5.56 Å². The predicted octanol–water partition coefficient (Wildman–Crippen LogP) is 2.02. The van der Waals surface area contributed by atoms with E-state index in [4.69, 9.17) is 11.6 Å². The van der Waals surface area contributed by atoms with Gasteiger partial charge in [-0.15, -0.1) is 6.58 Å². The van der Waals surface area contributed by atoms with Crippen LogP contribution < -0.4 is 5.56 Å². The lowest BCUT2D eigenvalue weighted by molar-refractivity contribution is -0.136. The predicted molar refractivity (Wildman–Crippen MR) is 111 cm³/mol. The minimum atomic E-state index is -0.211. The van der Waals surface area contributed by atoms with E-state index >= 15 is 0 Å². The van der Waals surface area contributed by atoms with E-state index in [0.29, 0.717) is 53.8 Å². The molecule has 3 rings (SSSR count). The SMILES string of the molecule is C=CCn1c(SCC(=O)N2CCN(C(C)=O)CC2)nc2ccc(Cl)cc2c1=O. The van der Waals surface area contributed by atoms with Crippen molar-refractivity contribution in [2.75, 3.05) is 31.9 Å². The Labute approximate surface area is 172 Å². The second kappa shape index (κ2) is 8.79. The number of hydrogen-bond acceptors (Lipinski definition) is 5. The van der Waals surface area contributed by atoms with Gasteiger partial charge < -0.3 is 9.80 Å². The fourth-order valence-electron chi connectivity index (χ4n) is 3.06. The summed E-state index contributed by atoms with van der Waals surface area (Å²) >= 11 is 7.23. The van der Waals surface area contributed by atoms with Crippen LogP contribution in [0.3, 0.4) is 0 Å². The molecule has 0 N–H and O–H groups in total. The van der Waals surface area contributed by atoms with Crippen molar-refractivity contribution in [3.8, 4) is 0 Å². The molecular weight excluding hydrogens is 400 g/mol. The fourth-order valence-corrected chi connectivity index (χ4v) is 4.14. The van der Waals surface area contributed by atoms with Crippen LogP contribution in [-0.2, 0) is 16.1 Å². The third-order valence-electron chi connectivity index (χ3n) is 4.60. The van der Waals surface area contributed by atoms with Crippen molar-refractivity contribution in [2.45, 2.75) is 18.6 Å². The van der Waals surface area contributed by atoms with Gasteiger partial charge in [-0.3, -0.25) is 19.0 Å². The van der Waals surface area contributed by atoms with E-state index < -0.39 is 0 Å². The molecule has 2 amide bonds. The van der Waals surface area contributed by atoms with Gasteiger partial charge in [0, 0.05) is 44.7 Å². The number of piperazine rings is 1. The molecule has 148 valence electrons. The summed E-state index contributed by atoms with van der Waals surface area (Å²) < 4.78 is 1.50. The van der Waals surface area contributed by atoms with E-state index in [1.54, 1.807) is 34.1 Å². The van der Waals surface area contributed by atoms with Crippen molar-refractivity contribution < 1.29 is 9.59 Å². The Bertz CT molecular complexity index is 983. The summed E-state index contributed by atoms with van der Waals surface area (Å²) in [5, 5.41) is 1.37. The number of nitrogens with zero attached hydrogens (tertiary/aromatic N) is 4. The van der Waals surface area contributed by atoms with Crippen LogP contribution in [0.5, 0.6) is 0 Å². The monoisotopic (exact) mass is 420 g/mol. The van der Waals surface area contributed by atoms with Crippen LogP contribution in [0.1, 0.15) is 6.92 Å². The molecule has 0 spiro atoms. The molecule has 1 aliphatic heterocycles. The Morgan fingerprint density at radius 1 is 1.25 bits per heavy atom. The number of hydrogen-bond donors (Lipinski definition) is 0. The maximum atomic E-state index is 12.8. The second-order valence-corrected chi connectivity index (χ2v) is 7.81. The molecule has 2 aromatic rings. The first-order valence-electron chi connectivity index (χ1n) is 8.88. The summed E-state index contributed by atoms with van der Waals surface area (Å²) in [5.41, 5.74) is 0.331. The molecule has 2 heterocycles. The molecule has 0 unspecified atom stereocenters. The van der Waals surface area contributed by atoms with Gasteiger partial charge in [0.1, 0.15) is 0 Å². The third-order valence-corrected chi connectivity index (χ3v) is 5.79. The van der Waals surface area contributed by atoms with Gasteiger partial charge in [0.15, 0.2) is 5.16 Å².